The number of nitro benzene ring substituents is 1. The number of carbonyl (C=O) groups is 1. The number of rotatable bonds is 7. The summed E-state index contributed by atoms with van der Waals surface area (Å²) in [5.41, 5.74) is 1.82. The van der Waals surface area contributed by atoms with E-state index < -0.39 is 16.4 Å². The fourth-order valence-corrected chi connectivity index (χ4v) is 3.97. The van der Waals surface area contributed by atoms with Crippen molar-refractivity contribution in [3.05, 3.63) is 122 Å². The van der Waals surface area contributed by atoms with Gasteiger partial charge in [-0.05, 0) is 45.3 Å². The van der Waals surface area contributed by atoms with Crippen LogP contribution in [0.25, 0.3) is 11.3 Å². The number of nitrogens with one attached hydrogen (secondary N) is 1. The Kier molecular flexibility index (Phi) is 6.67. The Morgan fingerprint density at radius 3 is 2.18 bits per heavy atom. The number of hydrazone groups is 1. The first-order valence-electron chi connectivity index (χ1n) is 10.1. The zero-order valence-electron chi connectivity index (χ0n) is 17.6. The molecular weight excluding hydrogens is 502 g/mol. The Morgan fingerprint density at radius 1 is 1.00 bits per heavy atom. The molecule has 0 atom stereocenters. The number of furan rings is 1. The minimum atomic E-state index is -1.95. The van der Waals surface area contributed by atoms with Gasteiger partial charge < -0.3 is 9.52 Å². The van der Waals surface area contributed by atoms with Crippen LogP contribution in [0, 0.1) is 10.1 Å². The second kappa shape index (κ2) is 9.82. The minimum absolute atomic E-state index is 0.0454. The van der Waals surface area contributed by atoms with Crippen molar-refractivity contribution < 1.29 is 19.2 Å². The Balaban J connectivity index is 1.54. The number of benzene rings is 3. The van der Waals surface area contributed by atoms with Crippen molar-refractivity contribution in [2.75, 3.05) is 0 Å². The fraction of sp³-hybridized carbons (Fsp3) is 0.0400. The third-order valence-electron chi connectivity index (χ3n) is 5.13. The Labute approximate surface area is 202 Å². The van der Waals surface area contributed by atoms with Gasteiger partial charge in [-0.1, -0.05) is 60.7 Å². The molecule has 0 aliphatic heterocycles. The van der Waals surface area contributed by atoms with Crippen LogP contribution in [0.4, 0.5) is 5.69 Å². The smallest absolute Gasteiger partial charge is 0.281 e. The lowest BCUT2D eigenvalue weighted by Crippen LogP contribution is -2.43. The topological polar surface area (TPSA) is 118 Å². The average molecular weight is 520 g/mol. The highest BCUT2D eigenvalue weighted by Crippen LogP contribution is 2.32. The normalized spacial score (nSPS) is 11.5. The molecule has 3 aromatic carbocycles. The van der Waals surface area contributed by atoms with Crippen LogP contribution >= 0.6 is 15.9 Å². The highest BCUT2D eigenvalue weighted by atomic mass is 79.9. The second-order valence-corrected chi connectivity index (χ2v) is 8.12. The van der Waals surface area contributed by atoms with Crippen molar-refractivity contribution >= 4 is 33.7 Å². The molecule has 34 heavy (non-hydrogen) atoms. The van der Waals surface area contributed by atoms with Crippen molar-refractivity contribution in [2.24, 2.45) is 5.10 Å². The van der Waals surface area contributed by atoms with E-state index in [1.54, 1.807) is 78.9 Å². The molecule has 0 unspecified atom stereocenters. The first-order valence-corrected chi connectivity index (χ1v) is 10.9. The van der Waals surface area contributed by atoms with Gasteiger partial charge in [-0.15, -0.1) is 0 Å². The van der Waals surface area contributed by atoms with Gasteiger partial charge in [0.05, 0.1) is 11.1 Å². The highest BCUT2D eigenvalue weighted by molar-refractivity contribution is 9.10. The van der Waals surface area contributed by atoms with Crippen LogP contribution in [0.1, 0.15) is 16.9 Å². The molecule has 1 heterocycles. The molecule has 4 rings (SSSR count). The molecule has 0 spiro atoms. The van der Waals surface area contributed by atoms with E-state index in [0.29, 0.717) is 32.7 Å². The average Bonchev–Trinajstić information content (AvgIpc) is 3.33. The molecule has 2 N–H and O–H groups in total. The summed E-state index contributed by atoms with van der Waals surface area (Å²) in [5, 5.41) is 26.3. The van der Waals surface area contributed by atoms with Crippen molar-refractivity contribution in [3.63, 3.8) is 0 Å². The molecule has 0 aliphatic rings. The molecule has 170 valence electrons. The number of aliphatic hydroxyl groups is 1. The van der Waals surface area contributed by atoms with Crippen LogP contribution in [0.15, 0.2) is 105 Å². The monoisotopic (exact) mass is 519 g/mol. The highest BCUT2D eigenvalue weighted by Gasteiger charge is 2.39. The van der Waals surface area contributed by atoms with Gasteiger partial charge in [0.15, 0.2) is 5.60 Å². The third-order valence-corrected chi connectivity index (χ3v) is 5.78. The van der Waals surface area contributed by atoms with E-state index in [1.165, 1.54) is 18.3 Å². The molecule has 1 aromatic heterocycles. The number of nitrogens with zero attached hydrogens (tertiary/aromatic N) is 2. The van der Waals surface area contributed by atoms with E-state index in [-0.39, 0.29) is 5.69 Å². The van der Waals surface area contributed by atoms with E-state index in [4.69, 9.17) is 4.42 Å². The van der Waals surface area contributed by atoms with Crippen LogP contribution in [0.3, 0.4) is 0 Å². The Bertz CT molecular complexity index is 1310. The van der Waals surface area contributed by atoms with Crippen molar-refractivity contribution in [2.45, 2.75) is 5.60 Å². The van der Waals surface area contributed by atoms with Gasteiger partial charge in [-0.2, -0.15) is 5.10 Å². The summed E-state index contributed by atoms with van der Waals surface area (Å²) in [6.45, 7) is 0. The third kappa shape index (κ3) is 4.66. The van der Waals surface area contributed by atoms with Crippen molar-refractivity contribution in [1.82, 2.24) is 5.43 Å². The number of amides is 1. The quantitative estimate of drug-likeness (QED) is 0.202. The summed E-state index contributed by atoms with van der Waals surface area (Å²) >= 11 is 3.32. The fourth-order valence-electron chi connectivity index (χ4n) is 3.41. The molecule has 1 amide bonds. The van der Waals surface area contributed by atoms with Gasteiger partial charge in [-0.25, -0.2) is 5.43 Å². The van der Waals surface area contributed by atoms with Gasteiger partial charge in [-0.3, -0.25) is 14.9 Å². The molecule has 0 saturated carbocycles. The van der Waals surface area contributed by atoms with E-state index in [0.717, 1.165) is 0 Å². The van der Waals surface area contributed by atoms with Gasteiger partial charge in [0.25, 0.3) is 11.6 Å². The van der Waals surface area contributed by atoms with Crippen LogP contribution in [-0.4, -0.2) is 22.2 Å². The Morgan fingerprint density at radius 2 is 1.62 bits per heavy atom. The summed E-state index contributed by atoms with van der Waals surface area (Å²) in [7, 11) is 0. The van der Waals surface area contributed by atoms with E-state index in [9.17, 15) is 20.0 Å². The van der Waals surface area contributed by atoms with E-state index >= 15 is 0 Å². The van der Waals surface area contributed by atoms with Crippen molar-refractivity contribution in [3.8, 4) is 11.3 Å². The molecule has 9 heteroatoms. The van der Waals surface area contributed by atoms with Gasteiger partial charge >= 0.3 is 0 Å². The maximum atomic E-state index is 13.0. The number of nitro groups is 1. The largest absolute Gasteiger partial charge is 0.455 e. The summed E-state index contributed by atoms with van der Waals surface area (Å²) < 4.78 is 6.23. The SMILES string of the molecule is O=C(NN=Cc1ccc(-c2ccc([N+](=O)[O-])cc2Br)o1)C(O)(c1ccccc1)c1ccccc1. The number of hydrogen-bond acceptors (Lipinski definition) is 6. The molecule has 0 aliphatic carbocycles. The van der Waals surface area contributed by atoms with Crippen LogP contribution in [0.5, 0.6) is 0 Å². The van der Waals surface area contributed by atoms with Gasteiger partial charge in [0.2, 0.25) is 0 Å². The maximum Gasteiger partial charge on any atom is 0.281 e. The summed E-state index contributed by atoms with van der Waals surface area (Å²) in [6.07, 6.45) is 1.30. The molecule has 0 radical (unpaired) electrons. The zero-order valence-corrected chi connectivity index (χ0v) is 19.2. The summed E-state index contributed by atoms with van der Waals surface area (Å²) in [6, 6.07) is 24.9. The number of carbonyl (C=O) groups excluding carboxylic acids is 1. The molecule has 0 saturated heterocycles. The van der Waals surface area contributed by atoms with Gasteiger partial charge in [0, 0.05) is 22.2 Å². The lowest BCUT2D eigenvalue weighted by atomic mass is 9.85. The number of halogens is 1. The lowest BCUT2D eigenvalue weighted by molar-refractivity contribution is -0.384. The Hall–Kier alpha value is -4.08. The second-order valence-electron chi connectivity index (χ2n) is 7.26. The predicted molar refractivity (Wildman–Crippen MR) is 130 cm³/mol. The van der Waals surface area contributed by atoms with E-state index in [1.807, 2.05) is 0 Å². The standard InChI is InChI=1S/C25H18BrN3O5/c26-22-15-19(29(32)33)11-13-21(22)23-14-12-20(34-23)16-27-28-24(30)25(31,17-7-3-1-4-8-17)18-9-5-2-6-10-18/h1-16,31H,(H,28,30). The lowest BCUT2D eigenvalue weighted by Gasteiger charge is -2.26. The van der Waals surface area contributed by atoms with Crippen LogP contribution < -0.4 is 5.43 Å². The van der Waals surface area contributed by atoms with E-state index in [2.05, 4.69) is 26.5 Å². The first kappa shape index (κ1) is 23.1. The van der Waals surface area contributed by atoms with Crippen LogP contribution in [-0.2, 0) is 10.4 Å². The molecule has 4 aromatic rings. The number of hydrogen-bond donors (Lipinski definition) is 2. The van der Waals surface area contributed by atoms with Gasteiger partial charge in [0.1, 0.15) is 11.5 Å². The summed E-state index contributed by atoms with van der Waals surface area (Å²) in [5.74, 6) is 0.0641. The maximum absolute atomic E-state index is 13.0. The first-order chi connectivity index (χ1) is 16.4. The zero-order chi connectivity index (χ0) is 24.1. The number of non-ortho nitro benzene ring substituents is 1. The minimum Gasteiger partial charge on any atom is -0.455 e. The van der Waals surface area contributed by atoms with Crippen molar-refractivity contribution in [1.29, 1.82) is 0 Å². The summed E-state index contributed by atoms with van der Waals surface area (Å²) in [4.78, 5) is 23.5. The van der Waals surface area contributed by atoms with Crippen LogP contribution in [0.2, 0.25) is 0 Å². The molecule has 0 bridgehead atoms. The molecular formula is C25H18BrN3O5. The molecule has 8 nitrogen and oxygen atoms in total. The predicted octanol–water partition coefficient (Wildman–Crippen LogP) is 5.00. The molecule has 0 fully saturated rings.